The highest BCUT2D eigenvalue weighted by Gasteiger charge is 2.07. The molecule has 1 unspecified atom stereocenters. The van der Waals surface area contributed by atoms with Crippen molar-refractivity contribution >= 4 is 11.8 Å². The van der Waals surface area contributed by atoms with Gasteiger partial charge < -0.3 is 5.32 Å². The summed E-state index contributed by atoms with van der Waals surface area (Å²) >= 11 is 0. The molecule has 1 N–H and O–H groups in total. The van der Waals surface area contributed by atoms with Crippen LogP contribution in [0, 0.1) is 0 Å². The summed E-state index contributed by atoms with van der Waals surface area (Å²) in [5.74, 6) is 0. The summed E-state index contributed by atoms with van der Waals surface area (Å²) in [6.45, 7) is 3.74. The quantitative estimate of drug-likeness (QED) is 0.618. The van der Waals surface area contributed by atoms with Gasteiger partial charge in [0.1, 0.15) is 0 Å². The maximum atomic E-state index is 3.74. The molecule has 1 aromatic rings. The lowest BCUT2D eigenvalue weighted by atomic mass is 10.1. The number of hydrogen-bond donors (Lipinski definition) is 1. The molecule has 0 aliphatic carbocycles. The van der Waals surface area contributed by atoms with Gasteiger partial charge >= 0.3 is 0 Å². The first-order valence-electron chi connectivity index (χ1n) is 4.06. The monoisotopic (exact) mass is 157 g/mol. The zero-order chi connectivity index (χ0) is 8.39. The molecular formula is C11H11N. The van der Waals surface area contributed by atoms with E-state index in [1.807, 2.05) is 18.2 Å². The standard InChI is InChI=1S/C11H11N/c1-2-10-8-7-9-5-3-4-6-11(9)12-10/h2-8,10,12H,1H2. The van der Waals surface area contributed by atoms with Gasteiger partial charge in [0.05, 0.1) is 6.04 Å². The molecule has 0 saturated carbocycles. The third-order valence-corrected chi connectivity index (χ3v) is 2.02. The van der Waals surface area contributed by atoms with Crippen LogP contribution in [0.15, 0.2) is 43.0 Å². The molecule has 0 radical (unpaired) electrons. The second-order valence-electron chi connectivity index (χ2n) is 2.85. The number of anilines is 1. The Balaban J connectivity index is 2.39. The first-order chi connectivity index (χ1) is 5.90. The van der Waals surface area contributed by atoms with Crippen molar-refractivity contribution in [2.24, 2.45) is 0 Å². The van der Waals surface area contributed by atoms with Crippen LogP contribution in [0.5, 0.6) is 0 Å². The van der Waals surface area contributed by atoms with E-state index >= 15 is 0 Å². The van der Waals surface area contributed by atoms with Crippen LogP contribution in [0.3, 0.4) is 0 Å². The predicted molar refractivity (Wildman–Crippen MR) is 53.1 cm³/mol. The minimum absolute atomic E-state index is 0.278. The molecule has 1 aromatic carbocycles. The van der Waals surface area contributed by atoms with Crippen LogP contribution in [0.4, 0.5) is 5.69 Å². The van der Waals surface area contributed by atoms with E-state index in [0.717, 1.165) is 0 Å². The fourth-order valence-corrected chi connectivity index (χ4v) is 1.35. The highest BCUT2D eigenvalue weighted by molar-refractivity contribution is 5.71. The smallest absolute Gasteiger partial charge is 0.0629 e. The van der Waals surface area contributed by atoms with Gasteiger partial charge in [-0.05, 0) is 11.6 Å². The van der Waals surface area contributed by atoms with E-state index in [1.54, 1.807) is 0 Å². The van der Waals surface area contributed by atoms with Gasteiger partial charge in [-0.1, -0.05) is 36.4 Å². The first-order valence-corrected chi connectivity index (χ1v) is 4.06. The zero-order valence-electron chi connectivity index (χ0n) is 6.83. The molecule has 1 heteroatoms. The SMILES string of the molecule is C=CC1C=Cc2ccccc2N1. The molecule has 2 rings (SSSR count). The van der Waals surface area contributed by atoms with Crippen molar-refractivity contribution in [1.82, 2.24) is 0 Å². The summed E-state index contributed by atoms with van der Waals surface area (Å²) in [7, 11) is 0. The van der Waals surface area contributed by atoms with E-state index in [9.17, 15) is 0 Å². The van der Waals surface area contributed by atoms with Crippen LogP contribution in [-0.2, 0) is 0 Å². The van der Waals surface area contributed by atoms with Gasteiger partial charge in [-0.2, -0.15) is 0 Å². The minimum Gasteiger partial charge on any atom is -0.375 e. The van der Waals surface area contributed by atoms with Gasteiger partial charge in [-0.3, -0.25) is 0 Å². The molecule has 0 saturated heterocycles. The van der Waals surface area contributed by atoms with Crippen molar-refractivity contribution in [2.45, 2.75) is 6.04 Å². The topological polar surface area (TPSA) is 12.0 Å². The second kappa shape index (κ2) is 2.86. The number of fused-ring (bicyclic) bond motifs is 1. The molecule has 1 nitrogen and oxygen atoms in total. The first kappa shape index (κ1) is 7.17. The summed E-state index contributed by atoms with van der Waals surface area (Å²) in [6, 6.07) is 8.53. The molecule has 1 aliphatic rings. The number of para-hydroxylation sites is 1. The van der Waals surface area contributed by atoms with Gasteiger partial charge in [-0.15, -0.1) is 6.58 Å². The van der Waals surface area contributed by atoms with Gasteiger partial charge in [-0.25, -0.2) is 0 Å². The highest BCUT2D eigenvalue weighted by Crippen LogP contribution is 2.22. The maximum absolute atomic E-state index is 3.74. The fourth-order valence-electron chi connectivity index (χ4n) is 1.35. The Bertz CT molecular complexity index is 326. The van der Waals surface area contributed by atoms with Crippen molar-refractivity contribution in [1.29, 1.82) is 0 Å². The lowest BCUT2D eigenvalue weighted by Crippen LogP contribution is -2.16. The molecular weight excluding hydrogens is 146 g/mol. The summed E-state index contributed by atoms with van der Waals surface area (Å²) < 4.78 is 0. The van der Waals surface area contributed by atoms with Crippen LogP contribution in [-0.4, -0.2) is 6.04 Å². The fraction of sp³-hybridized carbons (Fsp3) is 0.0909. The van der Waals surface area contributed by atoms with E-state index < -0.39 is 0 Å². The number of hydrogen-bond acceptors (Lipinski definition) is 1. The molecule has 0 bridgehead atoms. The minimum atomic E-state index is 0.278. The third kappa shape index (κ3) is 1.14. The Morgan fingerprint density at radius 3 is 3.00 bits per heavy atom. The highest BCUT2D eigenvalue weighted by atomic mass is 14.9. The van der Waals surface area contributed by atoms with E-state index in [0.29, 0.717) is 0 Å². The average molecular weight is 157 g/mol. The van der Waals surface area contributed by atoms with Crippen LogP contribution in [0.25, 0.3) is 6.08 Å². The second-order valence-corrected chi connectivity index (χ2v) is 2.85. The number of nitrogens with one attached hydrogen (secondary N) is 1. The van der Waals surface area contributed by atoms with E-state index in [2.05, 4.69) is 36.2 Å². The molecule has 1 aliphatic heterocycles. The molecule has 0 amide bonds. The summed E-state index contributed by atoms with van der Waals surface area (Å²) in [4.78, 5) is 0. The van der Waals surface area contributed by atoms with E-state index in [-0.39, 0.29) is 6.04 Å². The Morgan fingerprint density at radius 2 is 2.17 bits per heavy atom. The lowest BCUT2D eigenvalue weighted by Gasteiger charge is -2.18. The zero-order valence-corrected chi connectivity index (χ0v) is 6.83. The number of benzene rings is 1. The molecule has 1 heterocycles. The number of rotatable bonds is 1. The molecule has 0 fully saturated rings. The summed E-state index contributed by atoms with van der Waals surface area (Å²) in [6.07, 6.45) is 6.12. The average Bonchev–Trinajstić information content (AvgIpc) is 2.17. The molecule has 0 aromatic heterocycles. The van der Waals surface area contributed by atoms with Gasteiger partial charge in [0, 0.05) is 5.69 Å². The largest absolute Gasteiger partial charge is 0.375 e. The molecule has 60 valence electrons. The van der Waals surface area contributed by atoms with Crippen LogP contribution >= 0.6 is 0 Å². The molecule has 12 heavy (non-hydrogen) atoms. The van der Waals surface area contributed by atoms with Crippen molar-refractivity contribution in [3.63, 3.8) is 0 Å². The third-order valence-electron chi connectivity index (χ3n) is 2.02. The van der Waals surface area contributed by atoms with Crippen molar-refractivity contribution in [3.8, 4) is 0 Å². The Hall–Kier alpha value is -1.50. The predicted octanol–water partition coefficient (Wildman–Crippen LogP) is 2.68. The molecule has 1 atom stereocenters. The Kier molecular flexibility index (Phi) is 1.71. The van der Waals surface area contributed by atoms with Gasteiger partial charge in [0.15, 0.2) is 0 Å². The van der Waals surface area contributed by atoms with Crippen molar-refractivity contribution in [3.05, 3.63) is 48.6 Å². The normalized spacial score (nSPS) is 19.5. The van der Waals surface area contributed by atoms with E-state index in [4.69, 9.17) is 0 Å². The van der Waals surface area contributed by atoms with Gasteiger partial charge in [0.2, 0.25) is 0 Å². The van der Waals surface area contributed by atoms with Crippen LogP contribution in [0.2, 0.25) is 0 Å². The van der Waals surface area contributed by atoms with Crippen LogP contribution < -0.4 is 5.32 Å². The summed E-state index contributed by atoms with van der Waals surface area (Å²) in [5.41, 5.74) is 2.43. The maximum Gasteiger partial charge on any atom is 0.0629 e. The van der Waals surface area contributed by atoms with Gasteiger partial charge in [0.25, 0.3) is 0 Å². The van der Waals surface area contributed by atoms with Crippen molar-refractivity contribution in [2.75, 3.05) is 5.32 Å². The Labute approximate surface area is 72.4 Å². The van der Waals surface area contributed by atoms with Crippen molar-refractivity contribution < 1.29 is 0 Å². The van der Waals surface area contributed by atoms with Crippen LogP contribution in [0.1, 0.15) is 5.56 Å². The molecule has 0 spiro atoms. The lowest BCUT2D eigenvalue weighted by molar-refractivity contribution is 1.10. The summed E-state index contributed by atoms with van der Waals surface area (Å²) in [5, 5.41) is 3.34. The Morgan fingerprint density at radius 1 is 1.33 bits per heavy atom. The van der Waals surface area contributed by atoms with E-state index in [1.165, 1.54) is 11.3 Å².